The Balaban J connectivity index is 1.23. The molecule has 0 spiro atoms. The van der Waals surface area contributed by atoms with Crippen molar-refractivity contribution in [3.8, 4) is 6.07 Å². The van der Waals surface area contributed by atoms with Crippen LogP contribution >= 0.6 is 7.82 Å². The van der Waals surface area contributed by atoms with Gasteiger partial charge >= 0.3 is 14.0 Å². The number of aliphatic hydroxyl groups is 2. The summed E-state index contributed by atoms with van der Waals surface area (Å²) in [6.45, 7) is 2.09. The number of phosphoric acid groups is 1. The quantitative estimate of drug-likeness (QED) is 0.0382. The Morgan fingerprint density at radius 2 is 1.57 bits per heavy atom. The van der Waals surface area contributed by atoms with E-state index >= 15 is 0 Å². The molecular weight excluding hydrogens is 806 g/mol. The van der Waals surface area contributed by atoms with Gasteiger partial charge in [0.15, 0.2) is 5.82 Å². The number of phosphoric ester groups is 1. The van der Waals surface area contributed by atoms with Gasteiger partial charge in [0.1, 0.15) is 41.9 Å². The number of nitrogen functional groups attached to an aromatic ring is 1. The lowest BCUT2D eigenvalue weighted by atomic mass is 9.93. The van der Waals surface area contributed by atoms with Crippen molar-refractivity contribution in [1.29, 1.82) is 5.26 Å². The largest absolute Gasteiger partial charge is 0.472 e. The number of fused-ring (bicyclic) bond motifs is 1. The number of rotatable bonds is 29. The first-order valence-corrected chi connectivity index (χ1v) is 22.7. The molecule has 1 aliphatic rings. The Morgan fingerprint density at radius 1 is 0.950 bits per heavy atom. The van der Waals surface area contributed by atoms with E-state index in [1.165, 1.54) is 101 Å². The van der Waals surface area contributed by atoms with Crippen LogP contribution in [0.3, 0.4) is 0 Å². The predicted octanol–water partition coefficient (Wildman–Crippen LogP) is 8.53. The van der Waals surface area contributed by atoms with Crippen molar-refractivity contribution in [2.24, 2.45) is 0 Å². The van der Waals surface area contributed by atoms with Gasteiger partial charge in [-0.05, 0) is 43.2 Å². The van der Waals surface area contributed by atoms with Crippen LogP contribution in [0.2, 0.25) is 0 Å². The Labute approximate surface area is 351 Å². The summed E-state index contributed by atoms with van der Waals surface area (Å²) in [6.07, 6.45) is 10.5. The maximum Gasteiger partial charge on any atom is 0.472 e. The molecule has 1 unspecified atom stereocenters. The number of nitriles is 1. The molecule has 18 heteroatoms. The summed E-state index contributed by atoms with van der Waals surface area (Å²) in [5, 5.41) is 35.1. The average molecular weight is 870 g/mol. The Hall–Kier alpha value is -3.17. The molecule has 0 radical (unpaired) electrons. The molecule has 336 valence electrons. The molecule has 5 N–H and O–H groups in total. The number of hydrogen-bond donors (Lipinski definition) is 4. The summed E-state index contributed by atoms with van der Waals surface area (Å²) in [5.41, 5.74) is 3.71. The second-order valence-electron chi connectivity index (χ2n) is 15.7. The lowest BCUT2D eigenvalue weighted by Crippen LogP contribution is -2.39. The molecule has 14 nitrogen and oxygen atoms in total. The molecule has 2 aromatic heterocycles. The highest BCUT2D eigenvalue weighted by Crippen LogP contribution is 2.46. The second kappa shape index (κ2) is 24.5. The zero-order valence-electron chi connectivity index (χ0n) is 34.9. The Kier molecular flexibility index (Phi) is 20.2. The number of nitrogens with two attached hydrogens (primary N) is 1. The van der Waals surface area contributed by atoms with Gasteiger partial charge in [-0.25, -0.2) is 14.1 Å². The van der Waals surface area contributed by atoms with E-state index in [0.717, 1.165) is 37.8 Å². The zero-order valence-corrected chi connectivity index (χ0v) is 35.8. The fourth-order valence-corrected chi connectivity index (χ4v) is 8.16. The van der Waals surface area contributed by atoms with Gasteiger partial charge in [0, 0.05) is 6.61 Å². The molecule has 1 aromatic carbocycles. The minimum absolute atomic E-state index is 0.162. The molecule has 0 aliphatic carbocycles. The molecule has 3 aromatic rings. The molecule has 3 heterocycles. The van der Waals surface area contributed by atoms with Crippen molar-refractivity contribution in [1.82, 2.24) is 14.6 Å². The number of nitrogens with zero attached hydrogens (tertiary/aromatic N) is 4. The SMILES string of the molecule is CCCCCCCCCCCCCCCCCCOC[C@H](COP(=O)(O)OC[C@H]1O[C@@](C)(c2ccc3c(N)ncnn23)[C@H](O)[C@@H]1O)OCc1ccc(C#N)cc1C(F)(F)F. The summed E-state index contributed by atoms with van der Waals surface area (Å²) in [4.78, 5) is 14.5. The first kappa shape index (κ1) is 49.5. The van der Waals surface area contributed by atoms with E-state index in [9.17, 15) is 32.8 Å². The maximum atomic E-state index is 13.8. The molecular formula is C42H63F3N5O9P. The van der Waals surface area contributed by atoms with Crippen molar-refractivity contribution in [2.75, 3.05) is 32.2 Å². The number of ether oxygens (including phenoxy) is 3. The van der Waals surface area contributed by atoms with Crippen LogP contribution in [0.5, 0.6) is 0 Å². The minimum Gasteiger partial charge on any atom is -0.387 e. The monoisotopic (exact) mass is 869 g/mol. The Morgan fingerprint density at radius 3 is 2.17 bits per heavy atom. The topological polar surface area (TPSA) is 204 Å². The summed E-state index contributed by atoms with van der Waals surface area (Å²) in [6, 6.07) is 8.03. The normalized spacial score (nSPS) is 21.0. The first-order chi connectivity index (χ1) is 28.7. The van der Waals surface area contributed by atoms with Crippen LogP contribution < -0.4 is 5.73 Å². The van der Waals surface area contributed by atoms with Gasteiger partial charge in [-0.3, -0.25) is 9.05 Å². The smallest absolute Gasteiger partial charge is 0.387 e. The van der Waals surface area contributed by atoms with Gasteiger partial charge in [0.05, 0.1) is 49.3 Å². The van der Waals surface area contributed by atoms with Crippen molar-refractivity contribution < 1.29 is 56.1 Å². The van der Waals surface area contributed by atoms with E-state index in [0.29, 0.717) is 17.8 Å². The molecule has 1 fully saturated rings. The number of benzene rings is 1. The van der Waals surface area contributed by atoms with Gasteiger partial charge in [-0.15, -0.1) is 0 Å². The highest BCUT2D eigenvalue weighted by Gasteiger charge is 2.54. The van der Waals surface area contributed by atoms with E-state index in [1.807, 2.05) is 0 Å². The fraction of sp³-hybridized carbons (Fsp3) is 0.690. The second-order valence-corrected chi connectivity index (χ2v) is 17.2. The third kappa shape index (κ3) is 15.0. The van der Waals surface area contributed by atoms with Crippen LogP contribution in [0.4, 0.5) is 19.0 Å². The van der Waals surface area contributed by atoms with E-state index < -0.39 is 69.4 Å². The highest BCUT2D eigenvalue weighted by atomic mass is 31.2. The number of aromatic nitrogens is 3. The van der Waals surface area contributed by atoms with Crippen molar-refractivity contribution in [3.05, 3.63) is 59.0 Å². The number of alkyl halides is 3. The highest BCUT2D eigenvalue weighted by molar-refractivity contribution is 7.47. The Bertz CT molecular complexity index is 1830. The number of halogens is 3. The molecule has 1 aliphatic heterocycles. The third-order valence-corrected chi connectivity index (χ3v) is 11.9. The van der Waals surface area contributed by atoms with Crippen LogP contribution in [-0.4, -0.2) is 80.5 Å². The molecule has 6 atom stereocenters. The lowest BCUT2D eigenvalue weighted by Gasteiger charge is -2.27. The molecule has 0 bridgehead atoms. The summed E-state index contributed by atoms with van der Waals surface area (Å²) in [7, 11) is -4.88. The van der Waals surface area contributed by atoms with Gasteiger partial charge in [-0.2, -0.15) is 23.5 Å². The molecule has 1 saturated heterocycles. The van der Waals surface area contributed by atoms with E-state index in [2.05, 4.69) is 17.0 Å². The average Bonchev–Trinajstić information content (AvgIpc) is 3.76. The van der Waals surface area contributed by atoms with Crippen LogP contribution in [0.1, 0.15) is 139 Å². The molecule has 4 rings (SSSR count). The summed E-state index contributed by atoms with van der Waals surface area (Å²) >= 11 is 0. The van der Waals surface area contributed by atoms with E-state index in [4.69, 9.17) is 34.3 Å². The van der Waals surface area contributed by atoms with Gasteiger partial charge in [0.25, 0.3) is 0 Å². The number of anilines is 1. The maximum absolute atomic E-state index is 13.8. The van der Waals surface area contributed by atoms with Crippen LogP contribution in [0, 0.1) is 11.3 Å². The van der Waals surface area contributed by atoms with E-state index in [1.54, 1.807) is 18.2 Å². The standard InChI is InChI=1S/C42H63F3N5O9P/c1-3-4-5-6-7-8-9-10-11-12-13-14-15-16-17-18-23-55-27-33(56-26-32-20-19-31(25-46)24-34(32)42(43,44)45)28-57-60(53,54)58-29-36-38(51)39(52)41(2,59-36)37-22-21-35-40(47)48-30-49-50(35)37/h19-22,24,30,33,36,38-39,51-52H,3-18,23,26-29H2,1-2H3,(H,53,54)(H2,47,48,49)/t33-,36-,38-,39-,41+/m1/s1. The van der Waals surface area contributed by atoms with Gasteiger partial charge in [0.2, 0.25) is 0 Å². The molecule has 0 amide bonds. The van der Waals surface area contributed by atoms with Crippen molar-refractivity contribution >= 4 is 19.2 Å². The number of hydrogen-bond acceptors (Lipinski definition) is 12. The van der Waals surface area contributed by atoms with E-state index in [-0.39, 0.29) is 23.6 Å². The van der Waals surface area contributed by atoms with Crippen LogP contribution in [-0.2, 0) is 46.2 Å². The summed E-state index contributed by atoms with van der Waals surface area (Å²) < 4.78 is 83.9. The van der Waals surface area contributed by atoms with Crippen LogP contribution in [0.15, 0.2) is 36.7 Å². The number of unbranched alkanes of at least 4 members (excludes halogenated alkanes) is 15. The van der Waals surface area contributed by atoms with Crippen molar-refractivity contribution in [2.45, 2.75) is 159 Å². The zero-order chi connectivity index (χ0) is 43.6. The van der Waals surface area contributed by atoms with Crippen LogP contribution in [0.25, 0.3) is 5.52 Å². The van der Waals surface area contributed by atoms with Crippen molar-refractivity contribution in [3.63, 3.8) is 0 Å². The third-order valence-electron chi connectivity index (χ3n) is 10.9. The first-order valence-electron chi connectivity index (χ1n) is 21.2. The minimum atomic E-state index is -4.88. The molecule has 60 heavy (non-hydrogen) atoms. The van der Waals surface area contributed by atoms with Gasteiger partial charge in [-0.1, -0.05) is 109 Å². The lowest BCUT2D eigenvalue weighted by molar-refractivity contribution is -0.139. The van der Waals surface area contributed by atoms with Gasteiger partial charge < -0.3 is 35.1 Å². The predicted molar refractivity (Wildman–Crippen MR) is 218 cm³/mol. The molecule has 0 saturated carbocycles. The fourth-order valence-electron chi connectivity index (χ4n) is 7.39. The summed E-state index contributed by atoms with van der Waals surface area (Å²) in [5.74, 6) is 0.178. The number of aliphatic hydroxyl groups excluding tert-OH is 2.